The van der Waals surface area contributed by atoms with Crippen LogP contribution < -0.4 is 5.32 Å². The number of aliphatic hydroxyl groups is 1. The van der Waals surface area contributed by atoms with Gasteiger partial charge >= 0.3 is 0 Å². The Hall–Kier alpha value is -1.20. The molecule has 1 aromatic rings. The van der Waals surface area contributed by atoms with Crippen LogP contribution in [-0.2, 0) is 6.54 Å². The fourth-order valence-corrected chi connectivity index (χ4v) is 8.87. The lowest BCUT2D eigenvalue weighted by Crippen LogP contribution is -2.46. The fraction of sp³-hybridized carbons (Fsp3) is 0.771. The number of hydrogen-bond acceptors (Lipinski definition) is 4. The molecule has 39 heavy (non-hydrogen) atoms. The number of hydrogen-bond donors (Lipinski definition) is 2. The first kappa shape index (κ1) is 29.3. The second-order valence-corrected chi connectivity index (χ2v) is 14.1. The van der Waals surface area contributed by atoms with Gasteiger partial charge in [-0.3, -0.25) is 9.80 Å². The maximum absolute atomic E-state index is 9.31. The van der Waals surface area contributed by atoms with Crippen molar-refractivity contribution < 1.29 is 5.11 Å². The van der Waals surface area contributed by atoms with Gasteiger partial charge in [-0.1, -0.05) is 50.3 Å². The summed E-state index contributed by atoms with van der Waals surface area (Å²) in [7, 11) is 2.32. The monoisotopic (exact) mass is 535 g/mol. The summed E-state index contributed by atoms with van der Waals surface area (Å²) >= 11 is 0. The van der Waals surface area contributed by atoms with Crippen LogP contribution in [0, 0.1) is 23.7 Å². The van der Waals surface area contributed by atoms with Crippen LogP contribution in [0.1, 0.15) is 102 Å². The summed E-state index contributed by atoms with van der Waals surface area (Å²) in [5, 5.41) is 12.9. The van der Waals surface area contributed by atoms with E-state index in [4.69, 9.17) is 0 Å². The third-order valence-corrected chi connectivity index (χ3v) is 11.5. The molecule has 4 fully saturated rings. The number of likely N-dealkylation sites (tertiary alicyclic amines) is 1. The van der Waals surface area contributed by atoms with Crippen molar-refractivity contribution in [2.45, 2.75) is 115 Å². The molecule has 1 aromatic carbocycles. The van der Waals surface area contributed by atoms with E-state index in [1.54, 1.807) is 5.56 Å². The molecular formula is C35H57N3O. The minimum Gasteiger partial charge on any atom is -0.395 e. The van der Waals surface area contributed by atoms with Crippen LogP contribution >= 0.6 is 0 Å². The van der Waals surface area contributed by atoms with Gasteiger partial charge in [0.1, 0.15) is 0 Å². The second kappa shape index (κ2) is 13.6. The van der Waals surface area contributed by atoms with E-state index in [0.717, 1.165) is 42.8 Å². The van der Waals surface area contributed by atoms with Crippen LogP contribution in [0.5, 0.6) is 0 Å². The average molecular weight is 536 g/mol. The Morgan fingerprint density at radius 2 is 1.72 bits per heavy atom. The summed E-state index contributed by atoms with van der Waals surface area (Å²) in [4.78, 5) is 5.47. The van der Waals surface area contributed by atoms with Crippen molar-refractivity contribution in [3.05, 3.63) is 47.5 Å². The van der Waals surface area contributed by atoms with E-state index in [1.807, 2.05) is 0 Å². The van der Waals surface area contributed by atoms with Gasteiger partial charge in [-0.2, -0.15) is 0 Å². The molecule has 1 heterocycles. The molecule has 4 heteroatoms. The third-order valence-electron chi connectivity index (χ3n) is 11.5. The summed E-state index contributed by atoms with van der Waals surface area (Å²) in [6.07, 6.45) is 14.4. The maximum Gasteiger partial charge on any atom is 0.0556 e. The van der Waals surface area contributed by atoms with Crippen LogP contribution in [0.4, 0.5) is 0 Å². The molecule has 1 aliphatic heterocycles. The van der Waals surface area contributed by atoms with Crippen LogP contribution in [0.3, 0.4) is 0 Å². The highest BCUT2D eigenvalue weighted by Gasteiger charge is 2.41. The molecule has 6 unspecified atom stereocenters. The average Bonchev–Trinajstić information content (AvgIpc) is 3.44. The smallest absolute Gasteiger partial charge is 0.0556 e. The molecule has 4 aliphatic rings. The lowest BCUT2D eigenvalue weighted by atomic mass is 9.63. The lowest BCUT2D eigenvalue weighted by Gasteiger charge is -2.47. The van der Waals surface area contributed by atoms with Gasteiger partial charge in [-0.25, -0.2) is 0 Å². The number of rotatable bonds is 9. The van der Waals surface area contributed by atoms with Gasteiger partial charge in [0.15, 0.2) is 0 Å². The largest absolute Gasteiger partial charge is 0.395 e. The lowest BCUT2D eigenvalue weighted by molar-refractivity contribution is 0.0411. The SMILES string of the molecule is C=C1CCC(N(C)Cc2cccc(C3CCN(C4CCC(C)C(C5CC(NCCO)CC[C@H]5C)C4)C3)c2)CC1. The molecule has 0 spiro atoms. The molecule has 0 aromatic heterocycles. The molecule has 3 aliphatic carbocycles. The first-order valence-corrected chi connectivity index (χ1v) is 16.4. The summed E-state index contributed by atoms with van der Waals surface area (Å²) in [5.41, 5.74) is 4.50. The minimum atomic E-state index is 0.255. The zero-order valence-electron chi connectivity index (χ0n) is 25.3. The van der Waals surface area contributed by atoms with Crippen LogP contribution in [0.15, 0.2) is 36.4 Å². The Morgan fingerprint density at radius 3 is 2.49 bits per heavy atom. The highest BCUT2D eigenvalue weighted by atomic mass is 16.3. The quantitative estimate of drug-likeness (QED) is 0.350. The summed E-state index contributed by atoms with van der Waals surface area (Å²) in [6.45, 7) is 13.8. The van der Waals surface area contributed by atoms with Crippen LogP contribution in [0.2, 0.25) is 0 Å². The van der Waals surface area contributed by atoms with E-state index in [1.165, 1.54) is 94.9 Å². The van der Waals surface area contributed by atoms with Crippen molar-refractivity contribution >= 4 is 0 Å². The van der Waals surface area contributed by atoms with Crippen molar-refractivity contribution in [1.29, 1.82) is 0 Å². The molecule has 218 valence electrons. The molecule has 7 atom stereocenters. The predicted molar refractivity (Wildman–Crippen MR) is 164 cm³/mol. The van der Waals surface area contributed by atoms with Crippen molar-refractivity contribution in [3.8, 4) is 0 Å². The van der Waals surface area contributed by atoms with Gasteiger partial charge in [0.25, 0.3) is 0 Å². The molecule has 1 saturated heterocycles. The zero-order valence-corrected chi connectivity index (χ0v) is 25.3. The first-order chi connectivity index (χ1) is 18.9. The fourth-order valence-electron chi connectivity index (χ4n) is 8.87. The highest BCUT2D eigenvalue weighted by Crippen LogP contribution is 2.46. The Morgan fingerprint density at radius 1 is 0.974 bits per heavy atom. The number of nitrogens with zero attached hydrogens (tertiary/aromatic N) is 2. The number of aliphatic hydroxyl groups excluding tert-OH is 1. The predicted octanol–water partition coefficient (Wildman–Crippen LogP) is 6.60. The van der Waals surface area contributed by atoms with E-state index in [9.17, 15) is 5.11 Å². The maximum atomic E-state index is 9.31. The molecule has 0 radical (unpaired) electrons. The third kappa shape index (κ3) is 7.36. The number of benzene rings is 1. The highest BCUT2D eigenvalue weighted by molar-refractivity contribution is 5.28. The normalized spacial score (nSPS) is 35.1. The van der Waals surface area contributed by atoms with Gasteiger partial charge < -0.3 is 10.4 Å². The van der Waals surface area contributed by atoms with Crippen molar-refractivity contribution in [2.24, 2.45) is 23.7 Å². The molecule has 4 nitrogen and oxygen atoms in total. The first-order valence-electron chi connectivity index (χ1n) is 16.4. The summed E-state index contributed by atoms with van der Waals surface area (Å²) in [6, 6.07) is 11.7. The van der Waals surface area contributed by atoms with Gasteiger partial charge in [-0.15, -0.1) is 0 Å². The standard InChI is InChI=1S/C35H57N3O/c1-25-8-13-32(14-9-25)37(4)23-28-6-5-7-29(20-28)30-16-18-38(24-30)33-15-11-27(3)35(22-33)34-21-31(36-17-19-39)12-10-26(34)2/h5-7,20,26-27,30-36,39H,1,8-19,21-24H2,2-4H3/t26-,27?,30?,31?,33?,34?,35?/m1/s1. The van der Waals surface area contributed by atoms with Gasteiger partial charge in [0.05, 0.1) is 6.61 Å². The minimum absolute atomic E-state index is 0.255. The van der Waals surface area contributed by atoms with Gasteiger partial charge in [-0.05, 0) is 125 Å². The summed E-state index contributed by atoms with van der Waals surface area (Å²) < 4.78 is 0. The van der Waals surface area contributed by atoms with E-state index >= 15 is 0 Å². The van der Waals surface area contributed by atoms with E-state index in [0.29, 0.717) is 18.0 Å². The van der Waals surface area contributed by atoms with E-state index < -0.39 is 0 Å². The molecule has 3 saturated carbocycles. The van der Waals surface area contributed by atoms with Crippen molar-refractivity contribution in [2.75, 3.05) is 33.3 Å². The zero-order chi connectivity index (χ0) is 27.4. The Balaban J connectivity index is 1.17. The number of allylic oxidation sites excluding steroid dienone is 1. The van der Waals surface area contributed by atoms with Crippen LogP contribution in [-0.4, -0.2) is 66.3 Å². The van der Waals surface area contributed by atoms with Gasteiger partial charge in [0.2, 0.25) is 0 Å². The molecule has 2 N–H and O–H groups in total. The number of nitrogens with one attached hydrogen (secondary N) is 1. The second-order valence-electron chi connectivity index (χ2n) is 14.1. The Bertz CT molecular complexity index is 920. The molecule has 0 amide bonds. The Labute approximate surface area is 239 Å². The summed E-state index contributed by atoms with van der Waals surface area (Å²) in [5.74, 6) is 4.06. The van der Waals surface area contributed by atoms with E-state index in [-0.39, 0.29) is 6.61 Å². The topological polar surface area (TPSA) is 38.7 Å². The van der Waals surface area contributed by atoms with Gasteiger partial charge in [0, 0.05) is 37.8 Å². The molecule has 5 rings (SSSR count). The van der Waals surface area contributed by atoms with Crippen molar-refractivity contribution in [1.82, 2.24) is 15.1 Å². The van der Waals surface area contributed by atoms with E-state index in [2.05, 4.69) is 66.9 Å². The Kier molecular flexibility index (Phi) is 10.2. The molecular weight excluding hydrogens is 478 g/mol. The molecule has 0 bridgehead atoms. The van der Waals surface area contributed by atoms with Crippen LogP contribution in [0.25, 0.3) is 0 Å². The van der Waals surface area contributed by atoms with Crippen molar-refractivity contribution in [3.63, 3.8) is 0 Å².